The van der Waals surface area contributed by atoms with Crippen LogP contribution in [0.2, 0.25) is 0 Å². The predicted octanol–water partition coefficient (Wildman–Crippen LogP) is 24.4. The first kappa shape index (κ1) is 67.6. The summed E-state index contributed by atoms with van der Waals surface area (Å²) < 4.78 is 40.9. The van der Waals surface area contributed by atoms with Crippen molar-refractivity contribution in [3.63, 3.8) is 0 Å². The predicted molar refractivity (Wildman–Crippen MR) is 431 cm³/mol. The molecular formula is C100H96O6. The highest BCUT2D eigenvalue weighted by atomic mass is 16.5. The summed E-state index contributed by atoms with van der Waals surface area (Å²) in [5.74, 6) is 5.24. The molecule has 18 rings (SSSR count). The van der Waals surface area contributed by atoms with Gasteiger partial charge < -0.3 is 28.4 Å². The highest BCUT2D eigenvalue weighted by Gasteiger charge is 2.59. The Labute approximate surface area is 626 Å². The second-order valence-electron chi connectivity index (χ2n) is 31.6. The Morgan fingerprint density at radius 2 is 1.01 bits per heavy atom. The average Bonchev–Trinajstić information content (AvgIpc) is 1.49. The zero-order valence-electron chi connectivity index (χ0n) is 62.8. The molecule has 2 fully saturated rings. The number of methoxy groups -OCH3 is 4. The summed E-state index contributed by atoms with van der Waals surface area (Å²) in [5, 5.41) is 2.24. The third-order valence-electron chi connectivity index (χ3n) is 27.6. The summed E-state index contributed by atoms with van der Waals surface area (Å²) in [6.45, 7) is 9.65. The van der Waals surface area contributed by atoms with Crippen LogP contribution in [-0.2, 0) is 44.3 Å². The van der Waals surface area contributed by atoms with Crippen molar-refractivity contribution in [3.8, 4) is 45.3 Å². The monoisotopic (exact) mass is 1390 g/mol. The van der Waals surface area contributed by atoms with Gasteiger partial charge in [0.2, 0.25) is 0 Å². The van der Waals surface area contributed by atoms with Crippen molar-refractivity contribution in [1.29, 1.82) is 0 Å². The number of ether oxygens (including phenoxy) is 6. The van der Waals surface area contributed by atoms with E-state index < -0.39 is 11.2 Å². The van der Waals surface area contributed by atoms with Crippen LogP contribution in [0.3, 0.4) is 0 Å². The van der Waals surface area contributed by atoms with Crippen LogP contribution in [0.4, 0.5) is 0 Å². The van der Waals surface area contributed by atoms with Gasteiger partial charge in [-0.3, -0.25) is 0 Å². The Morgan fingerprint density at radius 1 is 0.443 bits per heavy atom. The minimum Gasteiger partial charge on any atom is -0.497 e. The maximum absolute atomic E-state index is 8.16. The van der Waals surface area contributed by atoms with Crippen LogP contribution in [0.5, 0.6) is 23.0 Å². The van der Waals surface area contributed by atoms with Crippen molar-refractivity contribution in [3.05, 3.63) is 344 Å². The molecule has 0 bridgehead atoms. The van der Waals surface area contributed by atoms with Crippen molar-refractivity contribution in [2.24, 2.45) is 16.7 Å². The normalized spacial score (nSPS) is 22.0. The molecule has 6 heteroatoms. The number of hydrogen-bond acceptors (Lipinski definition) is 6. The van der Waals surface area contributed by atoms with Gasteiger partial charge in [0.1, 0.15) is 34.5 Å². The molecule has 106 heavy (non-hydrogen) atoms. The maximum atomic E-state index is 8.16. The van der Waals surface area contributed by atoms with E-state index in [-0.39, 0.29) is 22.7 Å². The smallest absolute Gasteiger partial charge is 0.178 e. The minimum absolute atomic E-state index is 0.00381. The molecule has 0 amide bonds. The number of rotatable bonds is 17. The molecular weight excluding hydrogens is 1300 g/mol. The van der Waals surface area contributed by atoms with E-state index in [1.54, 1.807) is 21.3 Å². The van der Waals surface area contributed by atoms with E-state index in [2.05, 4.69) is 283 Å². The molecule has 2 saturated carbocycles. The van der Waals surface area contributed by atoms with E-state index in [1.165, 1.54) is 118 Å². The quantitative estimate of drug-likeness (QED) is 0.0906. The summed E-state index contributed by atoms with van der Waals surface area (Å²) in [6, 6.07) is 80.5. The summed E-state index contributed by atoms with van der Waals surface area (Å²) in [7, 11) is 7.09. The molecule has 8 aliphatic rings. The molecule has 10 aromatic carbocycles. The molecule has 2 aliphatic heterocycles. The van der Waals surface area contributed by atoms with E-state index in [0.29, 0.717) is 10.8 Å². The number of allylic oxidation sites excluding steroid dienone is 6. The van der Waals surface area contributed by atoms with E-state index in [9.17, 15) is 0 Å². The molecule has 0 radical (unpaired) electrons. The Balaban J connectivity index is 0.734. The van der Waals surface area contributed by atoms with Gasteiger partial charge in [0, 0.05) is 78.2 Å². The molecule has 6 nitrogen and oxygen atoms in total. The maximum Gasteiger partial charge on any atom is 0.178 e. The first-order valence-corrected chi connectivity index (χ1v) is 39.2. The zero-order chi connectivity index (χ0) is 72.2. The molecule has 532 valence electrons. The van der Waals surface area contributed by atoms with Crippen LogP contribution < -0.4 is 18.9 Å². The van der Waals surface area contributed by atoms with Gasteiger partial charge in [-0.1, -0.05) is 254 Å². The lowest BCUT2D eigenvalue weighted by Crippen LogP contribution is -2.40. The topological polar surface area (TPSA) is 55.4 Å². The van der Waals surface area contributed by atoms with Crippen molar-refractivity contribution in [2.75, 3.05) is 28.4 Å². The first-order valence-electron chi connectivity index (χ1n) is 39.2. The number of benzene rings is 10. The third kappa shape index (κ3) is 10.4. The van der Waals surface area contributed by atoms with Gasteiger partial charge >= 0.3 is 0 Å². The zero-order valence-corrected chi connectivity index (χ0v) is 62.8. The second-order valence-corrected chi connectivity index (χ2v) is 31.6. The Morgan fingerprint density at radius 3 is 1.63 bits per heavy atom. The van der Waals surface area contributed by atoms with Crippen LogP contribution in [0.1, 0.15) is 177 Å². The Bertz CT molecular complexity index is 5270. The lowest BCUT2D eigenvalue weighted by Gasteiger charge is -2.49. The highest BCUT2D eigenvalue weighted by molar-refractivity contribution is 6.11. The highest BCUT2D eigenvalue weighted by Crippen LogP contribution is 2.69. The van der Waals surface area contributed by atoms with E-state index >= 15 is 0 Å². The molecule has 0 saturated heterocycles. The largest absolute Gasteiger partial charge is 0.497 e. The van der Waals surface area contributed by atoms with E-state index in [4.69, 9.17) is 28.4 Å². The van der Waals surface area contributed by atoms with Crippen LogP contribution in [0, 0.1) is 16.7 Å². The fraction of sp³-hybridized carbons (Fsp3) is 0.300. The van der Waals surface area contributed by atoms with Crippen molar-refractivity contribution in [1.82, 2.24) is 0 Å². The van der Waals surface area contributed by atoms with Crippen molar-refractivity contribution < 1.29 is 28.4 Å². The summed E-state index contributed by atoms with van der Waals surface area (Å²) in [4.78, 5) is 0. The first-order chi connectivity index (χ1) is 51.9. The summed E-state index contributed by atoms with van der Waals surface area (Å²) >= 11 is 0. The van der Waals surface area contributed by atoms with Gasteiger partial charge in [-0.2, -0.15) is 0 Å². The average molecular weight is 1390 g/mol. The van der Waals surface area contributed by atoms with Crippen LogP contribution >= 0.6 is 0 Å². The summed E-state index contributed by atoms with van der Waals surface area (Å²) in [5.41, 5.74) is 23.1. The van der Waals surface area contributed by atoms with Crippen molar-refractivity contribution >= 4 is 22.4 Å². The van der Waals surface area contributed by atoms with Gasteiger partial charge in [-0.15, -0.1) is 0 Å². The molecule has 0 aromatic heterocycles. The van der Waals surface area contributed by atoms with Gasteiger partial charge in [-0.25, -0.2) is 0 Å². The molecule has 6 aliphatic carbocycles. The second kappa shape index (κ2) is 26.3. The Hall–Kier alpha value is -10.3. The van der Waals surface area contributed by atoms with E-state index in [0.717, 1.165) is 129 Å². The number of fused-ring (bicyclic) bond motifs is 18. The molecule has 4 atom stereocenters. The molecule has 4 unspecified atom stereocenters. The summed E-state index contributed by atoms with van der Waals surface area (Å²) in [6.07, 6.45) is 30.1. The van der Waals surface area contributed by atoms with E-state index in [1.807, 2.05) is 7.11 Å². The van der Waals surface area contributed by atoms with Gasteiger partial charge in [0.05, 0.1) is 28.4 Å². The van der Waals surface area contributed by atoms with Crippen LogP contribution in [-0.4, -0.2) is 28.4 Å². The molecule has 2 spiro atoms. The lowest BCUT2D eigenvalue weighted by atomic mass is 9.56. The fourth-order valence-corrected chi connectivity index (χ4v) is 21.1. The van der Waals surface area contributed by atoms with Gasteiger partial charge in [0.25, 0.3) is 0 Å². The lowest BCUT2D eigenvalue weighted by molar-refractivity contribution is 0.0731. The van der Waals surface area contributed by atoms with Gasteiger partial charge in [0.15, 0.2) is 11.2 Å². The SMILES string of the molecule is CCC1(CC)CCC2(CC1)C1=C3C=CC(c4ccc(CCc5cccc(C6(c7ccc(OC)cc7)C=Cc7c8c(c9cc(-c%10ccccc%10)c(OC)cc9c7O6)-c6ccccc6C86CCC(CC)(CC)CC6)c5)cc4)(c4ccc(OC)cc4)OC3=C3C=C(OC)C(c4ccccc4)=CC3C1c1ccccc12. The standard InChI is InChI=1S/C100H96O6/c1-9-95(10-2)52-56-97(57-53-95)85-32-21-19-30-75(85)89-81-61-79(67-25-15-13-16-26-67)87(103-7)63-83(81)93-77(91(89)97)48-50-99(105-93,70-40-44-73(101-5)45-41-70)69-38-36-65(37-39-69)34-35-66-24-23-29-72(60-66)100(71-42-46-74(102-6)47-43-71)51-49-78-92-90(76-31-20-22-33-86(76)98(92)58-54-96(11-3,12-4)55-59-98)82-62-80(68-27-17-14-18-28-68)88(104-8)64-84(82)94(78)106-100/h13-33,36-51,60-64,81,89H,9-12,34-35,52-59H2,1-8H3. The third-order valence-corrected chi connectivity index (χ3v) is 27.6. The van der Waals surface area contributed by atoms with Crippen LogP contribution in [0.15, 0.2) is 277 Å². The molecule has 2 heterocycles. The number of aryl methyl sites for hydroxylation is 2. The number of hydrogen-bond donors (Lipinski definition) is 0. The van der Waals surface area contributed by atoms with Crippen LogP contribution in [0.25, 0.3) is 44.7 Å². The minimum atomic E-state index is -1.02. The van der Waals surface area contributed by atoms with Gasteiger partial charge in [-0.05, 0) is 196 Å². The molecule has 0 N–H and O–H groups in total. The molecule has 10 aromatic rings. The fourth-order valence-electron chi connectivity index (χ4n) is 21.1. The van der Waals surface area contributed by atoms with Crippen molar-refractivity contribution in [2.45, 2.75) is 146 Å². The Kier molecular flexibility index (Phi) is 16.8.